The summed E-state index contributed by atoms with van der Waals surface area (Å²) in [5, 5.41) is 9.63. The molecule has 5 heterocycles. The predicted octanol–water partition coefficient (Wildman–Crippen LogP) is 3.23. The number of halogens is 4. The van der Waals surface area contributed by atoms with E-state index in [1.807, 2.05) is 0 Å². The van der Waals surface area contributed by atoms with Gasteiger partial charge in [-0.15, -0.1) is 0 Å². The van der Waals surface area contributed by atoms with Crippen LogP contribution in [-0.2, 0) is 9.53 Å². The first-order chi connectivity index (χ1) is 17.6. The van der Waals surface area contributed by atoms with E-state index in [0.717, 1.165) is 19.0 Å². The fourth-order valence-corrected chi connectivity index (χ4v) is 5.60. The monoisotopic (exact) mass is 525 g/mol. The Morgan fingerprint density at radius 2 is 1.89 bits per heavy atom. The highest BCUT2D eigenvalue weighted by Gasteiger charge is 2.47. The van der Waals surface area contributed by atoms with Crippen molar-refractivity contribution in [3.8, 4) is 17.1 Å². The number of alkyl halides is 3. The second-order valence-corrected chi connectivity index (χ2v) is 9.79. The third-order valence-electron chi connectivity index (χ3n) is 7.45. The normalized spacial score (nSPS) is 27.7. The molecule has 13 heteroatoms. The van der Waals surface area contributed by atoms with E-state index in [4.69, 9.17) is 9.47 Å². The predicted molar refractivity (Wildman–Crippen MR) is 121 cm³/mol. The number of carbonyl (C=O) groups is 2. The molecule has 5 atom stereocenters. The molecule has 0 radical (unpaired) electrons. The lowest BCUT2D eigenvalue weighted by Gasteiger charge is -2.39. The highest BCUT2D eigenvalue weighted by molar-refractivity contribution is 5.94. The summed E-state index contributed by atoms with van der Waals surface area (Å²) in [5.74, 6) is -1.21. The van der Waals surface area contributed by atoms with Crippen LogP contribution in [0.3, 0.4) is 0 Å². The number of rotatable bonds is 5. The number of methoxy groups -OCH3 is 1. The fraction of sp³-hybridized carbons (Fsp3) is 0.583. The third-order valence-corrected chi connectivity index (χ3v) is 7.45. The molecule has 9 nitrogen and oxygen atoms in total. The van der Waals surface area contributed by atoms with Crippen LogP contribution < -0.4 is 10.1 Å². The number of nitrogens with zero attached hydrogens (tertiary/aromatic N) is 3. The first kappa shape index (κ1) is 25.4. The largest absolute Gasteiger partial charge is 0.481 e. The summed E-state index contributed by atoms with van der Waals surface area (Å²) in [5.41, 5.74) is 0.600. The molecular formula is C24H27F4N5O4. The van der Waals surface area contributed by atoms with E-state index in [9.17, 15) is 27.2 Å². The van der Waals surface area contributed by atoms with Crippen molar-refractivity contribution in [2.45, 2.75) is 68.9 Å². The quantitative estimate of drug-likeness (QED) is 0.581. The minimum atomic E-state index is -4.40. The summed E-state index contributed by atoms with van der Waals surface area (Å²) in [6.45, 7) is -0.174. The van der Waals surface area contributed by atoms with Crippen molar-refractivity contribution in [3.63, 3.8) is 0 Å². The number of ether oxygens (including phenoxy) is 2. The third kappa shape index (κ3) is 5.13. The Morgan fingerprint density at radius 3 is 2.51 bits per heavy atom. The summed E-state index contributed by atoms with van der Waals surface area (Å²) in [6.07, 6.45) is -2.73. The molecule has 3 saturated heterocycles. The topological polar surface area (TPSA) is 109 Å². The Bertz CT molecular complexity index is 1150. The molecule has 0 aromatic carbocycles. The first-order valence-electron chi connectivity index (χ1n) is 12.2. The van der Waals surface area contributed by atoms with Gasteiger partial charge in [0.15, 0.2) is 11.9 Å². The van der Waals surface area contributed by atoms with Crippen LogP contribution in [0.25, 0.3) is 11.3 Å². The molecule has 37 heavy (non-hydrogen) atoms. The first-order valence-corrected chi connectivity index (χ1v) is 12.2. The van der Waals surface area contributed by atoms with Crippen LogP contribution in [0.5, 0.6) is 5.88 Å². The SMILES string of the molecule is COc1cc(-c2cc(C(=O)N3C4CC[C@@H]3CC(C(=O)N[C@H]3CC[C@H](C(F)(F)F)OC3)C4)[nH]n2)c(F)cn1. The molecule has 0 spiro atoms. The van der Waals surface area contributed by atoms with Crippen molar-refractivity contribution < 1.29 is 36.6 Å². The lowest BCUT2D eigenvalue weighted by Crippen LogP contribution is -2.52. The van der Waals surface area contributed by atoms with Gasteiger partial charge < -0.3 is 19.7 Å². The number of piperidine rings is 1. The summed E-state index contributed by atoms with van der Waals surface area (Å²) < 4.78 is 62.6. The van der Waals surface area contributed by atoms with E-state index in [-0.39, 0.29) is 72.1 Å². The molecule has 3 fully saturated rings. The Balaban J connectivity index is 1.20. The Hall–Kier alpha value is -3.22. The molecule has 2 aromatic heterocycles. The van der Waals surface area contributed by atoms with Crippen molar-refractivity contribution in [1.29, 1.82) is 0 Å². The van der Waals surface area contributed by atoms with E-state index in [2.05, 4.69) is 20.5 Å². The molecule has 2 unspecified atom stereocenters. The Labute approximate surface area is 209 Å². The number of carbonyl (C=O) groups excluding carboxylic acids is 2. The van der Waals surface area contributed by atoms with Gasteiger partial charge in [-0.25, -0.2) is 9.37 Å². The lowest BCUT2D eigenvalue weighted by atomic mass is 9.89. The van der Waals surface area contributed by atoms with Crippen LogP contribution in [0.2, 0.25) is 0 Å². The molecule has 2 bridgehead atoms. The average Bonchev–Trinajstić information content (AvgIpc) is 3.46. The summed E-state index contributed by atoms with van der Waals surface area (Å²) >= 11 is 0. The zero-order valence-corrected chi connectivity index (χ0v) is 20.1. The van der Waals surface area contributed by atoms with E-state index in [1.165, 1.54) is 19.2 Å². The number of aromatic amines is 1. The summed E-state index contributed by atoms with van der Waals surface area (Å²) in [4.78, 5) is 31.8. The second-order valence-electron chi connectivity index (χ2n) is 9.79. The zero-order chi connectivity index (χ0) is 26.3. The van der Waals surface area contributed by atoms with Crippen LogP contribution in [0.15, 0.2) is 18.3 Å². The summed E-state index contributed by atoms with van der Waals surface area (Å²) in [6, 6.07) is 2.12. The van der Waals surface area contributed by atoms with Gasteiger partial charge in [-0.3, -0.25) is 14.7 Å². The van der Waals surface area contributed by atoms with Gasteiger partial charge in [-0.2, -0.15) is 18.3 Å². The summed E-state index contributed by atoms with van der Waals surface area (Å²) in [7, 11) is 1.41. The van der Waals surface area contributed by atoms with E-state index < -0.39 is 24.1 Å². The maximum atomic E-state index is 14.3. The van der Waals surface area contributed by atoms with Crippen molar-refractivity contribution in [2.75, 3.05) is 13.7 Å². The standard InChI is InChI=1S/C24H27F4N5O4/c1-36-21-8-16(17(25)10-29-21)18-9-19(32-31-18)23(35)33-14-3-4-15(33)7-12(6-14)22(34)30-13-2-5-20(37-11-13)24(26,27)28/h8-10,12-15,20H,2-7,11H2,1H3,(H,30,34)(H,31,32)/t12?,13-,14+,15?,20+/m0/s1. The maximum Gasteiger partial charge on any atom is 0.414 e. The number of hydrogen-bond acceptors (Lipinski definition) is 6. The molecule has 3 aliphatic heterocycles. The number of pyridine rings is 1. The van der Waals surface area contributed by atoms with Gasteiger partial charge in [0.2, 0.25) is 11.8 Å². The molecule has 5 rings (SSSR count). The van der Waals surface area contributed by atoms with Crippen molar-refractivity contribution in [1.82, 2.24) is 25.4 Å². The molecule has 0 aliphatic carbocycles. The smallest absolute Gasteiger partial charge is 0.414 e. The van der Waals surface area contributed by atoms with Gasteiger partial charge >= 0.3 is 6.18 Å². The molecule has 2 amide bonds. The van der Waals surface area contributed by atoms with Crippen LogP contribution in [0, 0.1) is 11.7 Å². The van der Waals surface area contributed by atoms with Crippen LogP contribution in [-0.4, -0.2) is 76.0 Å². The number of nitrogens with one attached hydrogen (secondary N) is 2. The van der Waals surface area contributed by atoms with Crippen molar-refractivity contribution >= 4 is 11.8 Å². The molecule has 2 N–H and O–H groups in total. The van der Waals surface area contributed by atoms with Crippen LogP contribution in [0.4, 0.5) is 17.6 Å². The highest BCUT2D eigenvalue weighted by atomic mass is 19.4. The number of H-pyrrole nitrogens is 1. The number of aromatic nitrogens is 3. The Kier molecular flexibility index (Phi) is 6.82. The van der Waals surface area contributed by atoms with Gasteiger partial charge in [-0.05, 0) is 44.6 Å². The molecular weight excluding hydrogens is 498 g/mol. The minimum Gasteiger partial charge on any atom is -0.481 e. The molecule has 3 aliphatic rings. The zero-order valence-electron chi connectivity index (χ0n) is 20.1. The molecule has 200 valence electrons. The van der Waals surface area contributed by atoms with E-state index in [0.29, 0.717) is 12.8 Å². The minimum absolute atomic E-state index is 0.147. The molecule has 2 aromatic rings. The number of amides is 2. The van der Waals surface area contributed by atoms with Gasteiger partial charge in [-0.1, -0.05) is 0 Å². The molecule has 0 saturated carbocycles. The van der Waals surface area contributed by atoms with Crippen molar-refractivity contribution in [3.05, 3.63) is 29.8 Å². The average molecular weight is 526 g/mol. The second kappa shape index (κ2) is 9.92. The van der Waals surface area contributed by atoms with Gasteiger partial charge in [0, 0.05) is 29.6 Å². The van der Waals surface area contributed by atoms with Gasteiger partial charge in [0.1, 0.15) is 5.69 Å². The van der Waals surface area contributed by atoms with Crippen LogP contribution in [0.1, 0.15) is 49.0 Å². The van der Waals surface area contributed by atoms with Crippen LogP contribution >= 0.6 is 0 Å². The highest BCUT2D eigenvalue weighted by Crippen LogP contribution is 2.40. The fourth-order valence-electron chi connectivity index (χ4n) is 5.60. The Morgan fingerprint density at radius 1 is 1.16 bits per heavy atom. The van der Waals surface area contributed by atoms with Crippen molar-refractivity contribution in [2.24, 2.45) is 5.92 Å². The van der Waals surface area contributed by atoms with Gasteiger partial charge in [0.05, 0.1) is 31.6 Å². The number of hydrogen-bond donors (Lipinski definition) is 2. The lowest BCUT2D eigenvalue weighted by molar-refractivity contribution is -0.232. The maximum absolute atomic E-state index is 14.3. The van der Waals surface area contributed by atoms with E-state index in [1.54, 1.807) is 4.90 Å². The van der Waals surface area contributed by atoms with Gasteiger partial charge in [0.25, 0.3) is 5.91 Å². The number of fused-ring (bicyclic) bond motifs is 2. The van der Waals surface area contributed by atoms with E-state index >= 15 is 0 Å².